The van der Waals surface area contributed by atoms with Crippen LogP contribution >= 0.6 is 0 Å². The quantitative estimate of drug-likeness (QED) is 0.741. The molecule has 0 fully saturated rings. The van der Waals surface area contributed by atoms with Crippen LogP contribution in [0.3, 0.4) is 0 Å². The molecule has 0 saturated heterocycles. The summed E-state index contributed by atoms with van der Waals surface area (Å²) in [5, 5.41) is 8.19. The minimum Gasteiger partial charge on any atom is -0.329 e. The molecule has 0 amide bonds. The first-order valence-corrected chi connectivity index (χ1v) is 6.69. The summed E-state index contributed by atoms with van der Waals surface area (Å²) in [6.45, 7) is 4.32. The van der Waals surface area contributed by atoms with Crippen molar-refractivity contribution < 1.29 is 4.39 Å². The van der Waals surface area contributed by atoms with Gasteiger partial charge in [-0.05, 0) is 43.2 Å². The Hall–Kier alpha value is -2.56. The van der Waals surface area contributed by atoms with Gasteiger partial charge in [0.1, 0.15) is 11.6 Å². The van der Waals surface area contributed by atoms with Crippen LogP contribution < -0.4 is 0 Å². The van der Waals surface area contributed by atoms with E-state index in [9.17, 15) is 4.39 Å². The molecule has 1 aromatic carbocycles. The number of hydrogen-bond acceptors (Lipinski definition) is 3. The molecule has 0 aliphatic heterocycles. The Bertz CT molecular complexity index is 779. The van der Waals surface area contributed by atoms with Crippen molar-refractivity contribution in [2.24, 2.45) is 0 Å². The van der Waals surface area contributed by atoms with E-state index in [0.29, 0.717) is 12.1 Å². The molecule has 3 aromatic rings. The smallest absolute Gasteiger partial charge is 0.126 e. The van der Waals surface area contributed by atoms with Gasteiger partial charge in [0.2, 0.25) is 0 Å². The van der Waals surface area contributed by atoms with Gasteiger partial charge in [-0.25, -0.2) is 9.37 Å². The summed E-state index contributed by atoms with van der Waals surface area (Å²) in [6.07, 6.45) is 5.36. The highest BCUT2D eigenvalue weighted by Gasteiger charge is 2.06. The number of aryl methyl sites for hydroxylation is 2. The lowest BCUT2D eigenvalue weighted by Gasteiger charge is -2.07. The highest BCUT2D eigenvalue weighted by atomic mass is 19.1. The van der Waals surface area contributed by atoms with Crippen LogP contribution in [0.4, 0.5) is 4.39 Å². The minimum atomic E-state index is -0.199. The minimum absolute atomic E-state index is 0.199. The molecule has 2 aromatic heterocycles. The van der Waals surface area contributed by atoms with E-state index in [1.165, 1.54) is 6.07 Å². The molecule has 2 heterocycles. The fourth-order valence-electron chi connectivity index (χ4n) is 2.22. The van der Waals surface area contributed by atoms with Crippen molar-refractivity contribution in [2.45, 2.75) is 20.4 Å². The van der Waals surface area contributed by atoms with Gasteiger partial charge in [0.05, 0.1) is 18.4 Å². The lowest BCUT2D eigenvalue weighted by atomic mass is 10.0. The molecular formula is C16H15FN4. The number of aromatic nitrogens is 4. The summed E-state index contributed by atoms with van der Waals surface area (Å²) in [5.74, 6) is 0.731. The third-order valence-electron chi connectivity index (χ3n) is 3.45. The van der Waals surface area contributed by atoms with Crippen LogP contribution in [0, 0.1) is 19.7 Å². The van der Waals surface area contributed by atoms with Gasteiger partial charge in [-0.15, -0.1) is 0 Å². The van der Waals surface area contributed by atoms with Crippen LogP contribution in [0.1, 0.15) is 17.1 Å². The van der Waals surface area contributed by atoms with Crippen molar-refractivity contribution in [3.05, 3.63) is 65.8 Å². The lowest BCUT2D eigenvalue weighted by Crippen LogP contribution is -2.04. The topological polar surface area (TPSA) is 43.6 Å². The van der Waals surface area contributed by atoms with Gasteiger partial charge in [0.15, 0.2) is 0 Å². The fourth-order valence-corrected chi connectivity index (χ4v) is 2.22. The maximum absolute atomic E-state index is 13.4. The molecule has 0 aliphatic rings. The normalized spacial score (nSPS) is 10.8. The Labute approximate surface area is 122 Å². The summed E-state index contributed by atoms with van der Waals surface area (Å²) in [5.41, 5.74) is 3.33. The zero-order chi connectivity index (χ0) is 14.8. The first-order chi connectivity index (χ1) is 10.1. The molecule has 0 saturated carbocycles. The van der Waals surface area contributed by atoms with Gasteiger partial charge >= 0.3 is 0 Å². The highest BCUT2D eigenvalue weighted by molar-refractivity contribution is 5.63. The first-order valence-electron chi connectivity index (χ1n) is 6.69. The zero-order valence-corrected chi connectivity index (χ0v) is 11.9. The standard InChI is InChI=1S/C16H15FN4/c1-11-7-13(3-4-16(11)17)14-8-15(20-19-9-14)10-21-6-5-18-12(21)2/h3-9H,10H2,1-2H3. The summed E-state index contributed by atoms with van der Waals surface area (Å²) >= 11 is 0. The SMILES string of the molecule is Cc1cc(-c2cnnc(Cn3ccnc3C)c2)ccc1F. The molecule has 0 atom stereocenters. The maximum Gasteiger partial charge on any atom is 0.126 e. The van der Waals surface area contributed by atoms with E-state index < -0.39 is 0 Å². The molecule has 0 aliphatic carbocycles. The number of imidazole rings is 1. The van der Waals surface area contributed by atoms with Gasteiger partial charge in [-0.2, -0.15) is 10.2 Å². The number of nitrogens with zero attached hydrogens (tertiary/aromatic N) is 4. The molecule has 0 unspecified atom stereocenters. The van der Waals surface area contributed by atoms with Gasteiger partial charge in [0.25, 0.3) is 0 Å². The van der Waals surface area contributed by atoms with Crippen LogP contribution in [0.5, 0.6) is 0 Å². The van der Waals surface area contributed by atoms with E-state index in [0.717, 1.165) is 22.6 Å². The summed E-state index contributed by atoms with van der Waals surface area (Å²) in [7, 11) is 0. The molecule has 5 heteroatoms. The maximum atomic E-state index is 13.4. The van der Waals surface area contributed by atoms with Crippen molar-refractivity contribution in [1.82, 2.24) is 19.7 Å². The second-order valence-electron chi connectivity index (χ2n) is 5.00. The van der Waals surface area contributed by atoms with Crippen LogP contribution in [0.25, 0.3) is 11.1 Å². The van der Waals surface area contributed by atoms with E-state index >= 15 is 0 Å². The van der Waals surface area contributed by atoms with Crippen molar-refractivity contribution in [3.63, 3.8) is 0 Å². The highest BCUT2D eigenvalue weighted by Crippen LogP contribution is 2.21. The second kappa shape index (κ2) is 5.44. The first kappa shape index (κ1) is 13.4. The second-order valence-corrected chi connectivity index (χ2v) is 5.00. The van der Waals surface area contributed by atoms with Crippen molar-refractivity contribution >= 4 is 0 Å². The fraction of sp³-hybridized carbons (Fsp3) is 0.188. The van der Waals surface area contributed by atoms with Gasteiger partial charge in [-0.3, -0.25) is 0 Å². The zero-order valence-electron chi connectivity index (χ0n) is 11.9. The van der Waals surface area contributed by atoms with Crippen molar-refractivity contribution in [1.29, 1.82) is 0 Å². The van der Waals surface area contributed by atoms with Crippen LogP contribution in [-0.4, -0.2) is 19.7 Å². The predicted octanol–water partition coefficient (Wildman–Crippen LogP) is 3.14. The van der Waals surface area contributed by atoms with E-state index in [-0.39, 0.29) is 5.82 Å². The van der Waals surface area contributed by atoms with Gasteiger partial charge in [-0.1, -0.05) is 6.07 Å². The number of benzene rings is 1. The third-order valence-corrected chi connectivity index (χ3v) is 3.45. The molecule has 3 rings (SSSR count). The number of hydrogen-bond donors (Lipinski definition) is 0. The van der Waals surface area contributed by atoms with E-state index in [1.807, 2.05) is 29.8 Å². The van der Waals surface area contributed by atoms with Gasteiger partial charge < -0.3 is 4.57 Å². The largest absolute Gasteiger partial charge is 0.329 e. The molecule has 0 spiro atoms. The molecule has 0 bridgehead atoms. The Morgan fingerprint density at radius 1 is 1.14 bits per heavy atom. The van der Waals surface area contributed by atoms with Gasteiger partial charge in [0, 0.05) is 18.0 Å². The molecule has 0 radical (unpaired) electrons. The van der Waals surface area contributed by atoms with E-state index in [1.54, 1.807) is 25.4 Å². The van der Waals surface area contributed by atoms with E-state index in [2.05, 4.69) is 15.2 Å². The average molecular weight is 282 g/mol. The molecule has 106 valence electrons. The Kier molecular flexibility index (Phi) is 3.48. The Balaban J connectivity index is 1.92. The molecule has 21 heavy (non-hydrogen) atoms. The van der Waals surface area contributed by atoms with Crippen molar-refractivity contribution in [2.75, 3.05) is 0 Å². The summed E-state index contributed by atoms with van der Waals surface area (Å²) < 4.78 is 15.4. The van der Waals surface area contributed by atoms with Crippen molar-refractivity contribution in [3.8, 4) is 11.1 Å². The van der Waals surface area contributed by atoms with E-state index in [4.69, 9.17) is 0 Å². The third kappa shape index (κ3) is 2.81. The molecular weight excluding hydrogens is 267 g/mol. The molecule has 0 N–H and O–H groups in total. The summed E-state index contributed by atoms with van der Waals surface area (Å²) in [6, 6.07) is 7.02. The molecule has 4 nitrogen and oxygen atoms in total. The monoisotopic (exact) mass is 282 g/mol. The Morgan fingerprint density at radius 2 is 2.00 bits per heavy atom. The Morgan fingerprint density at radius 3 is 2.71 bits per heavy atom. The lowest BCUT2D eigenvalue weighted by molar-refractivity contribution is 0.619. The number of halogens is 1. The predicted molar refractivity (Wildman–Crippen MR) is 78.2 cm³/mol. The summed E-state index contributed by atoms with van der Waals surface area (Å²) in [4.78, 5) is 4.19. The van der Waals surface area contributed by atoms with Crippen LogP contribution in [0.2, 0.25) is 0 Å². The van der Waals surface area contributed by atoms with Crippen LogP contribution in [0.15, 0.2) is 42.9 Å². The van der Waals surface area contributed by atoms with Crippen LogP contribution in [-0.2, 0) is 6.54 Å². The average Bonchev–Trinajstić information content (AvgIpc) is 2.88. The number of rotatable bonds is 3.